The van der Waals surface area contributed by atoms with Crippen molar-refractivity contribution in [3.63, 3.8) is 0 Å². The molecule has 0 saturated heterocycles. The minimum Gasteiger partial charge on any atom is -0.0848 e. The number of hydrogen-bond donors (Lipinski definition) is 0. The Morgan fingerprint density at radius 1 is 1.11 bits per heavy atom. The van der Waals surface area contributed by atoms with Crippen molar-refractivity contribution in [2.75, 3.05) is 0 Å². The Morgan fingerprint density at radius 3 is 1.56 bits per heavy atom. The van der Waals surface area contributed by atoms with Gasteiger partial charge >= 0.3 is 0 Å². The van der Waals surface area contributed by atoms with Gasteiger partial charge in [-0.15, -0.1) is 0 Å². The molecule has 0 aliphatic heterocycles. The van der Waals surface area contributed by atoms with Crippen molar-refractivity contribution in [3.8, 4) is 0 Å². The molecule has 0 aromatic carbocycles. The number of allylic oxidation sites excluding steroid dienone is 2. The molecule has 0 rings (SSSR count). The Labute approximate surface area is 59.3 Å². The molecule has 0 saturated carbocycles. The third-order valence-corrected chi connectivity index (χ3v) is 0.691. The van der Waals surface area contributed by atoms with Crippen LogP contribution in [0.5, 0.6) is 0 Å². The minimum absolute atomic E-state index is 0.972. The molecule has 0 heteroatoms. The lowest BCUT2D eigenvalue weighted by atomic mass is 10.3. The molecule has 0 aromatic heterocycles. The van der Waals surface area contributed by atoms with E-state index in [9.17, 15) is 0 Å². The van der Waals surface area contributed by atoms with Crippen molar-refractivity contribution in [3.05, 3.63) is 25.3 Å². The van der Waals surface area contributed by atoms with Gasteiger partial charge in [-0.1, -0.05) is 45.6 Å². The summed E-state index contributed by atoms with van der Waals surface area (Å²) in [6.45, 7) is 14.0. The van der Waals surface area contributed by atoms with Crippen LogP contribution in [0.2, 0.25) is 0 Å². The largest absolute Gasteiger partial charge is 0.0848 e. The van der Waals surface area contributed by atoms with Gasteiger partial charge in [0, 0.05) is 0 Å². The maximum absolute atomic E-state index is 5.01. The van der Waals surface area contributed by atoms with E-state index in [0.29, 0.717) is 0 Å². The van der Waals surface area contributed by atoms with E-state index in [0.717, 1.165) is 19.3 Å². The summed E-state index contributed by atoms with van der Waals surface area (Å²) in [4.78, 5) is 0. The van der Waals surface area contributed by atoms with Crippen LogP contribution in [0.3, 0.4) is 0 Å². The van der Waals surface area contributed by atoms with Crippen molar-refractivity contribution in [1.82, 2.24) is 0 Å². The first-order valence-corrected chi connectivity index (χ1v) is 3.40. The van der Waals surface area contributed by atoms with E-state index in [1.54, 1.807) is 12.2 Å². The average Bonchev–Trinajstić information content (AvgIpc) is 1.91. The van der Waals surface area contributed by atoms with Crippen LogP contribution in [-0.4, -0.2) is 0 Å². The Morgan fingerprint density at radius 2 is 1.56 bits per heavy atom. The Bertz CT molecular complexity index is 53.1. The fraction of sp³-hybridized carbons (Fsp3) is 0.556. The summed E-state index contributed by atoms with van der Waals surface area (Å²) in [5, 5.41) is 0. The topological polar surface area (TPSA) is 0 Å². The summed E-state index contributed by atoms with van der Waals surface area (Å²) in [7, 11) is 0. The fourth-order valence-corrected chi connectivity index (χ4v) is 0.167. The maximum Gasteiger partial charge on any atom is -0.0350 e. The normalized spacial score (nSPS) is 6.89. The molecule has 9 heavy (non-hydrogen) atoms. The highest BCUT2D eigenvalue weighted by molar-refractivity contribution is 4.58. The molecule has 0 aromatic rings. The molecule has 0 bridgehead atoms. The van der Waals surface area contributed by atoms with Crippen LogP contribution in [0.25, 0.3) is 0 Å². The van der Waals surface area contributed by atoms with Crippen LogP contribution >= 0.6 is 0 Å². The first kappa shape index (κ1) is 11.3. The van der Waals surface area contributed by atoms with Gasteiger partial charge in [-0.2, -0.15) is 0 Å². The van der Waals surface area contributed by atoms with Gasteiger partial charge in [0.1, 0.15) is 0 Å². The first-order chi connectivity index (χ1) is 4.33. The van der Waals surface area contributed by atoms with Crippen LogP contribution in [0, 0.1) is 13.2 Å². The second-order valence-corrected chi connectivity index (χ2v) is 1.67. The highest BCUT2D eigenvalue weighted by Crippen LogP contribution is 1.81. The Balaban J connectivity index is 0. The summed E-state index contributed by atoms with van der Waals surface area (Å²) in [6, 6.07) is 0. The monoisotopic (exact) mass is 124 g/mol. The molecule has 0 aliphatic carbocycles. The molecule has 2 radical (unpaired) electrons. The molecule has 0 nitrogen and oxygen atoms in total. The lowest BCUT2D eigenvalue weighted by molar-refractivity contribution is 0.960. The van der Waals surface area contributed by atoms with Gasteiger partial charge in [0.25, 0.3) is 0 Å². The average molecular weight is 124 g/mol. The van der Waals surface area contributed by atoms with Crippen LogP contribution in [0.1, 0.15) is 33.1 Å². The van der Waals surface area contributed by atoms with Crippen LogP contribution in [0.4, 0.5) is 0 Å². The van der Waals surface area contributed by atoms with E-state index >= 15 is 0 Å². The molecular weight excluding hydrogens is 108 g/mol. The molecular formula is C9H16. The standard InChI is InChI=1S/C5H9.C4H7/c1-3-5-4-2;1-3-4-2/h1,3H,4-5H2,2H3;1,3H,4H2,2H3. The lowest BCUT2D eigenvalue weighted by Crippen LogP contribution is -1.52. The van der Waals surface area contributed by atoms with Gasteiger partial charge in [0.05, 0.1) is 0 Å². The summed E-state index contributed by atoms with van der Waals surface area (Å²) in [5.41, 5.74) is 0. The van der Waals surface area contributed by atoms with Gasteiger partial charge in [-0.25, -0.2) is 0 Å². The summed E-state index contributed by atoms with van der Waals surface area (Å²) >= 11 is 0. The SMILES string of the molecule is [CH]=CCC.[CH]=CCCC. The Kier molecular flexibility index (Phi) is 19.6. The van der Waals surface area contributed by atoms with Crippen LogP contribution in [0.15, 0.2) is 12.2 Å². The van der Waals surface area contributed by atoms with Gasteiger partial charge in [0.2, 0.25) is 0 Å². The minimum atomic E-state index is 0.972. The second kappa shape index (κ2) is 15.6. The number of unbranched alkanes of at least 4 members (excludes halogenated alkanes) is 1. The van der Waals surface area contributed by atoms with Crippen molar-refractivity contribution in [1.29, 1.82) is 0 Å². The van der Waals surface area contributed by atoms with Crippen LogP contribution in [-0.2, 0) is 0 Å². The molecule has 0 aliphatic rings. The molecule has 0 unspecified atom stereocenters. The molecule has 52 valence electrons. The Hall–Kier alpha value is -0.520. The zero-order chi connectivity index (χ0) is 7.54. The maximum atomic E-state index is 5.01. The summed E-state index contributed by atoms with van der Waals surface area (Å²) in [6.07, 6.45) is 6.48. The van der Waals surface area contributed by atoms with E-state index < -0.39 is 0 Å². The number of hydrogen-bond acceptors (Lipinski definition) is 0. The highest BCUT2D eigenvalue weighted by Gasteiger charge is 1.62. The summed E-state index contributed by atoms with van der Waals surface area (Å²) in [5.74, 6) is 0. The van der Waals surface area contributed by atoms with Crippen molar-refractivity contribution >= 4 is 0 Å². The lowest BCUT2D eigenvalue weighted by Gasteiger charge is -1.72. The highest BCUT2D eigenvalue weighted by atomic mass is 13.7. The molecule has 0 N–H and O–H groups in total. The predicted octanol–water partition coefficient (Wildman–Crippen LogP) is 3.16. The van der Waals surface area contributed by atoms with Gasteiger partial charge in [-0.05, 0) is 12.8 Å². The third kappa shape index (κ3) is 36.5. The zero-order valence-electron chi connectivity index (χ0n) is 6.43. The van der Waals surface area contributed by atoms with Crippen LogP contribution < -0.4 is 0 Å². The molecule has 0 heterocycles. The first-order valence-electron chi connectivity index (χ1n) is 3.40. The van der Waals surface area contributed by atoms with E-state index in [1.807, 2.05) is 6.92 Å². The third-order valence-electron chi connectivity index (χ3n) is 0.691. The van der Waals surface area contributed by atoms with Crippen molar-refractivity contribution in [2.45, 2.75) is 33.1 Å². The van der Waals surface area contributed by atoms with E-state index in [-0.39, 0.29) is 0 Å². The fourth-order valence-electron chi connectivity index (χ4n) is 0.167. The molecule has 0 spiro atoms. The summed E-state index contributed by atoms with van der Waals surface area (Å²) < 4.78 is 0. The molecule has 0 atom stereocenters. The van der Waals surface area contributed by atoms with Crippen molar-refractivity contribution < 1.29 is 0 Å². The quantitative estimate of drug-likeness (QED) is 0.542. The second-order valence-electron chi connectivity index (χ2n) is 1.67. The number of rotatable bonds is 3. The van der Waals surface area contributed by atoms with Gasteiger partial charge in [0.15, 0.2) is 0 Å². The van der Waals surface area contributed by atoms with Crippen molar-refractivity contribution in [2.24, 2.45) is 0 Å². The smallest absolute Gasteiger partial charge is 0.0350 e. The van der Waals surface area contributed by atoms with Gasteiger partial charge < -0.3 is 0 Å². The van der Waals surface area contributed by atoms with E-state index in [2.05, 4.69) is 6.92 Å². The van der Waals surface area contributed by atoms with E-state index in [1.165, 1.54) is 0 Å². The van der Waals surface area contributed by atoms with Gasteiger partial charge in [-0.3, -0.25) is 0 Å². The molecule has 0 amide bonds. The molecule has 0 fully saturated rings. The zero-order valence-corrected chi connectivity index (χ0v) is 6.43. The predicted molar refractivity (Wildman–Crippen MR) is 42.9 cm³/mol. The van der Waals surface area contributed by atoms with E-state index in [4.69, 9.17) is 13.2 Å².